The number of benzene rings is 2. The Morgan fingerprint density at radius 3 is 2.40 bits per heavy atom. The molecule has 0 bridgehead atoms. The summed E-state index contributed by atoms with van der Waals surface area (Å²) in [6.45, 7) is 0.572. The highest BCUT2D eigenvalue weighted by Gasteiger charge is 2.03. The molecule has 3 rings (SSSR count). The predicted octanol–water partition coefficient (Wildman–Crippen LogP) is 5.04. The molecule has 20 heavy (non-hydrogen) atoms. The average Bonchev–Trinajstić information content (AvgIpc) is 2.93. The first-order valence-electron chi connectivity index (χ1n) is 6.19. The fourth-order valence-corrected chi connectivity index (χ4v) is 2.62. The van der Waals surface area contributed by atoms with Crippen LogP contribution in [0.2, 0.25) is 4.47 Å². The van der Waals surface area contributed by atoms with Crippen molar-refractivity contribution in [2.75, 3.05) is 0 Å². The molecule has 1 aromatic heterocycles. The van der Waals surface area contributed by atoms with E-state index in [0.29, 0.717) is 11.1 Å². The van der Waals surface area contributed by atoms with Crippen molar-refractivity contribution in [2.24, 2.45) is 0 Å². The largest absolute Gasteiger partial charge is 0.489 e. The molecule has 0 atom stereocenters. The molecule has 2 aromatic carbocycles. The molecule has 0 amide bonds. The van der Waals surface area contributed by atoms with Gasteiger partial charge in [-0.25, -0.2) is 4.98 Å². The molecular formula is C16H12ClNOS. The van der Waals surface area contributed by atoms with Gasteiger partial charge in [0.25, 0.3) is 0 Å². The predicted molar refractivity (Wildman–Crippen MR) is 83.3 cm³/mol. The van der Waals surface area contributed by atoms with Gasteiger partial charge in [0.05, 0.1) is 5.69 Å². The summed E-state index contributed by atoms with van der Waals surface area (Å²) in [5.74, 6) is 0.846. The summed E-state index contributed by atoms with van der Waals surface area (Å²) in [4.78, 5) is 4.25. The molecule has 0 saturated heterocycles. The summed E-state index contributed by atoms with van der Waals surface area (Å²) in [7, 11) is 0. The SMILES string of the molecule is Clc1nc(-c2ccc(OCc3ccccc3)cc2)cs1. The van der Waals surface area contributed by atoms with E-state index in [1.54, 1.807) is 0 Å². The molecule has 0 fully saturated rings. The van der Waals surface area contributed by atoms with Crippen LogP contribution in [0.25, 0.3) is 11.3 Å². The Kier molecular flexibility index (Phi) is 4.00. The van der Waals surface area contributed by atoms with E-state index in [1.807, 2.05) is 60.0 Å². The van der Waals surface area contributed by atoms with Gasteiger partial charge in [0, 0.05) is 10.9 Å². The first-order chi connectivity index (χ1) is 9.81. The van der Waals surface area contributed by atoms with Gasteiger partial charge in [-0.15, -0.1) is 11.3 Å². The maximum atomic E-state index is 5.84. The molecule has 3 aromatic rings. The van der Waals surface area contributed by atoms with Crippen molar-refractivity contribution < 1.29 is 4.74 Å². The van der Waals surface area contributed by atoms with Crippen molar-refractivity contribution in [2.45, 2.75) is 6.61 Å². The van der Waals surface area contributed by atoms with Crippen LogP contribution in [-0.2, 0) is 6.61 Å². The second-order valence-corrected chi connectivity index (χ2v) is 5.72. The van der Waals surface area contributed by atoms with E-state index < -0.39 is 0 Å². The smallest absolute Gasteiger partial charge is 0.184 e. The van der Waals surface area contributed by atoms with E-state index >= 15 is 0 Å². The lowest BCUT2D eigenvalue weighted by Crippen LogP contribution is -1.94. The van der Waals surface area contributed by atoms with E-state index in [-0.39, 0.29) is 0 Å². The molecular weight excluding hydrogens is 290 g/mol. The van der Waals surface area contributed by atoms with E-state index in [2.05, 4.69) is 4.98 Å². The number of hydrogen-bond donors (Lipinski definition) is 0. The number of ether oxygens (including phenoxy) is 1. The second-order valence-electron chi connectivity index (χ2n) is 4.28. The lowest BCUT2D eigenvalue weighted by molar-refractivity contribution is 0.306. The van der Waals surface area contributed by atoms with Crippen LogP contribution in [0, 0.1) is 0 Å². The monoisotopic (exact) mass is 301 g/mol. The number of halogens is 1. The molecule has 4 heteroatoms. The summed E-state index contributed by atoms with van der Waals surface area (Å²) < 4.78 is 6.30. The first kappa shape index (κ1) is 13.2. The Bertz CT molecular complexity index is 679. The van der Waals surface area contributed by atoms with Gasteiger partial charge in [-0.05, 0) is 29.8 Å². The Balaban J connectivity index is 1.67. The van der Waals surface area contributed by atoms with Gasteiger partial charge in [-0.2, -0.15) is 0 Å². The van der Waals surface area contributed by atoms with Crippen LogP contribution in [-0.4, -0.2) is 4.98 Å². The average molecular weight is 302 g/mol. The summed E-state index contributed by atoms with van der Waals surface area (Å²) in [6.07, 6.45) is 0. The molecule has 0 N–H and O–H groups in total. The first-order valence-corrected chi connectivity index (χ1v) is 7.45. The number of rotatable bonds is 4. The maximum Gasteiger partial charge on any atom is 0.184 e. The molecule has 0 radical (unpaired) electrons. The molecule has 0 saturated carbocycles. The highest BCUT2D eigenvalue weighted by atomic mass is 35.5. The lowest BCUT2D eigenvalue weighted by Gasteiger charge is -2.06. The van der Waals surface area contributed by atoms with Gasteiger partial charge in [0.1, 0.15) is 12.4 Å². The van der Waals surface area contributed by atoms with Gasteiger partial charge in [0.2, 0.25) is 0 Å². The minimum atomic E-state index is 0.560. The molecule has 0 spiro atoms. The van der Waals surface area contributed by atoms with E-state index in [1.165, 1.54) is 11.3 Å². The molecule has 2 nitrogen and oxygen atoms in total. The van der Waals surface area contributed by atoms with Crippen LogP contribution in [0.15, 0.2) is 60.0 Å². The second kappa shape index (κ2) is 6.07. The van der Waals surface area contributed by atoms with Crippen molar-refractivity contribution in [1.82, 2.24) is 4.98 Å². The Hall–Kier alpha value is -1.84. The van der Waals surface area contributed by atoms with Crippen molar-refractivity contribution in [3.8, 4) is 17.0 Å². The number of nitrogens with zero attached hydrogens (tertiary/aromatic N) is 1. The Labute approximate surface area is 126 Å². The Morgan fingerprint density at radius 1 is 1.00 bits per heavy atom. The summed E-state index contributed by atoms with van der Waals surface area (Å²) in [5.41, 5.74) is 3.10. The lowest BCUT2D eigenvalue weighted by atomic mass is 10.2. The highest BCUT2D eigenvalue weighted by molar-refractivity contribution is 7.14. The molecule has 0 aliphatic carbocycles. The van der Waals surface area contributed by atoms with Crippen molar-refractivity contribution in [3.05, 3.63) is 70.0 Å². The summed E-state index contributed by atoms with van der Waals surface area (Å²) in [5, 5.41) is 1.95. The minimum Gasteiger partial charge on any atom is -0.489 e. The van der Waals surface area contributed by atoms with Crippen molar-refractivity contribution >= 4 is 22.9 Å². The van der Waals surface area contributed by atoms with E-state index in [9.17, 15) is 0 Å². The zero-order chi connectivity index (χ0) is 13.8. The number of aromatic nitrogens is 1. The zero-order valence-electron chi connectivity index (χ0n) is 10.6. The standard InChI is InChI=1S/C16H12ClNOS/c17-16-18-15(11-20-16)13-6-8-14(9-7-13)19-10-12-4-2-1-3-5-12/h1-9,11H,10H2. The summed E-state index contributed by atoms with van der Waals surface area (Å²) >= 11 is 7.28. The third-order valence-corrected chi connectivity index (χ3v) is 3.85. The van der Waals surface area contributed by atoms with Crippen LogP contribution in [0.3, 0.4) is 0 Å². The van der Waals surface area contributed by atoms with Gasteiger partial charge in [-0.1, -0.05) is 41.9 Å². The quantitative estimate of drug-likeness (QED) is 0.673. The molecule has 1 heterocycles. The fourth-order valence-electron chi connectivity index (χ4n) is 1.85. The molecule has 0 aliphatic rings. The maximum absolute atomic E-state index is 5.84. The number of thiazole rings is 1. The van der Waals surface area contributed by atoms with Crippen molar-refractivity contribution in [1.29, 1.82) is 0 Å². The van der Waals surface area contributed by atoms with Gasteiger partial charge in [-0.3, -0.25) is 0 Å². The third-order valence-electron chi connectivity index (χ3n) is 2.87. The van der Waals surface area contributed by atoms with Crippen LogP contribution in [0.1, 0.15) is 5.56 Å². The van der Waals surface area contributed by atoms with Gasteiger partial charge < -0.3 is 4.74 Å². The molecule has 0 aliphatic heterocycles. The molecule has 100 valence electrons. The van der Waals surface area contributed by atoms with Crippen LogP contribution in [0.5, 0.6) is 5.75 Å². The zero-order valence-corrected chi connectivity index (χ0v) is 12.2. The van der Waals surface area contributed by atoms with Crippen molar-refractivity contribution in [3.63, 3.8) is 0 Å². The van der Waals surface area contributed by atoms with Crippen LogP contribution in [0.4, 0.5) is 0 Å². The summed E-state index contributed by atoms with van der Waals surface area (Å²) in [6, 6.07) is 18.0. The van der Waals surface area contributed by atoms with E-state index in [0.717, 1.165) is 22.6 Å². The topological polar surface area (TPSA) is 22.1 Å². The third kappa shape index (κ3) is 3.18. The van der Waals surface area contributed by atoms with Gasteiger partial charge in [0.15, 0.2) is 4.47 Å². The Morgan fingerprint density at radius 2 is 1.75 bits per heavy atom. The van der Waals surface area contributed by atoms with Gasteiger partial charge >= 0.3 is 0 Å². The van der Waals surface area contributed by atoms with E-state index in [4.69, 9.17) is 16.3 Å². The molecule has 0 unspecified atom stereocenters. The number of hydrogen-bond acceptors (Lipinski definition) is 3. The van der Waals surface area contributed by atoms with Crippen LogP contribution >= 0.6 is 22.9 Å². The minimum absolute atomic E-state index is 0.560. The van der Waals surface area contributed by atoms with Crippen LogP contribution < -0.4 is 4.74 Å². The highest BCUT2D eigenvalue weighted by Crippen LogP contribution is 2.26. The normalized spacial score (nSPS) is 10.4. The fraction of sp³-hybridized carbons (Fsp3) is 0.0625.